The fourth-order valence-electron chi connectivity index (χ4n) is 6.11. The molecule has 51 heavy (non-hydrogen) atoms. The summed E-state index contributed by atoms with van der Waals surface area (Å²) in [4.78, 5) is 68.1. The molecule has 0 aliphatic carbocycles. The third-order valence-corrected chi connectivity index (χ3v) is 10.0. The summed E-state index contributed by atoms with van der Waals surface area (Å²) in [5, 5.41) is 2.53. The lowest BCUT2D eigenvalue weighted by atomic mass is 9.77. The standard InChI is InChI=1S/C37H42N4O9S/c1-6-32(42)51-21-29(33(43)39-28(35(45)47-5)13-9-10-18-38)41(4)36(46)48-23-15-17-27-31(20-23)49-30-19-22(40(2)3)14-16-26(30)37(27)25-12-8-7-11-24(25)34(44)50-37/h7-8,11-12,14-17,19-20,28-29H,6,9-10,13,18,21,38H2,1-5H3,(H,39,43)/p+1/t28-,29-,37?/m0/s1. The van der Waals surface area contributed by atoms with Crippen molar-refractivity contribution in [3.63, 3.8) is 0 Å². The fourth-order valence-corrected chi connectivity index (χ4v) is 7.03. The van der Waals surface area contributed by atoms with Crippen LogP contribution in [-0.4, -0.2) is 86.6 Å². The maximum atomic E-state index is 13.6. The number of anilines is 1. The molecular formula is C37H43N4O9S+. The van der Waals surface area contributed by atoms with Gasteiger partial charge in [0, 0.05) is 67.8 Å². The number of thioether (sulfide) groups is 1. The van der Waals surface area contributed by atoms with E-state index in [0.717, 1.165) is 28.8 Å². The van der Waals surface area contributed by atoms with Crippen LogP contribution in [0.15, 0.2) is 60.7 Å². The minimum absolute atomic E-state index is 0.0670. The SMILES string of the molecule is CCC(=O)SC[C@@H](C(=O)N[C@@H](CCCC[NH3+])C(=O)OC)N(C)C(=O)Oc1ccc2c(c1)Oc1cc(N(C)C)ccc1C21OC(=O)c2ccccc21. The Morgan fingerprint density at radius 2 is 1.67 bits per heavy atom. The van der Waals surface area contributed by atoms with Gasteiger partial charge in [0.1, 0.15) is 29.3 Å². The van der Waals surface area contributed by atoms with E-state index in [0.29, 0.717) is 53.1 Å². The Morgan fingerprint density at radius 1 is 0.961 bits per heavy atom. The number of benzene rings is 3. The van der Waals surface area contributed by atoms with Gasteiger partial charge in [-0.05, 0) is 49.6 Å². The van der Waals surface area contributed by atoms with E-state index in [1.165, 1.54) is 20.2 Å². The number of unbranched alkanes of at least 4 members (excludes halogenated alkanes) is 1. The number of carbonyl (C=O) groups is 5. The van der Waals surface area contributed by atoms with Crippen molar-refractivity contribution in [2.75, 3.05) is 45.5 Å². The largest absolute Gasteiger partial charge is 0.467 e. The molecule has 0 fully saturated rings. The first-order valence-electron chi connectivity index (χ1n) is 16.7. The van der Waals surface area contributed by atoms with Gasteiger partial charge in [0.15, 0.2) is 10.7 Å². The molecular weight excluding hydrogens is 676 g/mol. The summed E-state index contributed by atoms with van der Waals surface area (Å²) in [5.41, 5.74) is 5.64. The molecule has 0 saturated heterocycles. The average molecular weight is 720 g/mol. The van der Waals surface area contributed by atoms with Gasteiger partial charge in [0.2, 0.25) is 5.91 Å². The highest BCUT2D eigenvalue weighted by Crippen LogP contribution is 2.57. The molecule has 5 rings (SSSR count). The Kier molecular flexibility index (Phi) is 11.6. The van der Waals surface area contributed by atoms with Crippen LogP contribution in [0.2, 0.25) is 0 Å². The van der Waals surface area contributed by atoms with Gasteiger partial charge in [0.25, 0.3) is 0 Å². The van der Waals surface area contributed by atoms with Gasteiger partial charge in [-0.3, -0.25) is 14.5 Å². The highest BCUT2D eigenvalue weighted by atomic mass is 32.2. The number of hydrogen-bond acceptors (Lipinski definition) is 11. The van der Waals surface area contributed by atoms with Crippen molar-refractivity contribution >= 4 is 46.5 Å². The highest BCUT2D eigenvalue weighted by Gasteiger charge is 2.53. The van der Waals surface area contributed by atoms with Gasteiger partial charge in [-0.2, -0.15) is 0 Å². The van der Waals surface area contributed by atoms with Gasteiger partial charge in [-0.1, -0.05) is 36.9 Å². The summed E-state index contributed by atoms with van der Waals surface area (Å²) in [6.07, 6.45) is 1.06. The van der Waals surface area contributed by atoms with Crippen molar-refractivity contribution < 1.29 is 48.7 Å². The van der Waals surface area contributed by atoms with Crippen LogP contribution in [0.1, 0.15) is 59.7 Å². The summed E-state index contributed by atoms with van der Waals surface area (Å²) >= 11 is 0.910. The summed E-state index contributed by atoms with van der Waals surface area (Å²) < 4.78 is 23.3. The zero-order chi connectivity index (χ0) is 36.9. The van der Waals surface area contributed by atoms with Crippen LogP contribution in [0.3, 0.4) is 0 Å². The number of nitrogens with one attached hydrogen (secondary N) is 1. The lowest BCUT2D eigenvalue weighted by Gasteiger charge is -2.37. The molecule has 4 N–H and O–H groups in total. The van der Waals surface area contributed by atoms with Gasteiger partial charge in [0.05, 0.1) is 19.2 Å². The number of hydrogen-bond donors (Lipinski definition) is 2. The lowest BCUT2D eigenvalue weighted by molar-refractivity contribution is -0.368. The molecule has 3 aromatic carbocycles. The number of fused-ring (bicyclic) bond motifs is 6. The molecule has 2 aliphatic heterocycles. The summed E-state index contributed by atoms with van der Waals surface area (Å²) in [6, 6.07) is 15.5. The maximum absolute atomic E-state index is 13.6. The van der Waals surface area contributed by atoms with Gasteiger partial charge >= 0.3 is 18.0 Å². The first kappa shape index (κ1) is 37.2. The number of ether oxygens (including phenoxy) is 4. The van der Waals surface area contributed by atoms with Crippen LogP contribution in [0.25, 0.3) is 0 Å². The van der Waals surface area contributed by atoms with E-state index in [1.54, 1.807) is 31.2 Å². The number of methoxy groups -OCH3 is 1. The molecule has 2 aliphatic rings. The predicted molar refractivity (Wildman–Crippen MR) is 190 cm³/mol. The molecule has 0 saturated carbocycles. The van der Waals surface area contributed by atoms with Crippen molar-refractivity contribution in [1.82, 2.24) is 10.2 Å². The molecule has 0 radical (unpaired) electrons. The third kappa shape index (κ3) is 7.52. The zero-order valence-electron chi connectivity index (χ0n) is 29.4. The number of rotatable bonds is 13. The van der Waals surface area contributed by atoms with Crippen molar-refractivity contribution in [2.24, 2.45) is 0 Å². The van der Waals surface area contributed by atoms with Crippen LogP contribution in [0.4, 0.5) is 10.5 Å². The van der Waals surface area contributed by atoms with Crippen molar-refractivity contribution in [3.05, 3.63) is 82.9 Å². The second kappa shape index (κ2) is 15.9. The fraction of sp³-hybridized carbons (Fsp3) is 0.378. The number of quaternary nitrogens is 1. The molecule has 2 heterocycles. The van der Waals surface area contributed by atoms with E-state index in [4.69, 9.17) is 18.9 Å². The van der Waals surface area contributed by atoms with E-state index < -0.39 is 41.6 Å². The number of likely N-dealkylation sites (N-methyl/N-ethyl adjacent to an activating group) is 1. The quantitative estimate of drug-likeness (QED) is 0.194. The first-order valence-corrected chi connectivity index (χ1v) is 17.7. The second-order valence-electron chi connectivity index (χ2n) is 12.4. The molecule has 1 unspecified atom stereocenters. The Hall–Kier alpha value is -5.08. The van der Waals surface area contributed by atoms with Gasteiger partial charge < -0.3 is 34.9 Å². The summed E-state index contributed by atoms with van der Waals surface area (Å²) in [6.45, 7) is 2.37. The minimum Gasteiger partial charge on any atom is -0.467 e. The normalized spacial score (nSPS) is 16.4. The monoisotopic (exact) mass is 719 g/mol. The summed E-state index contributed by atoms with van der Waals surface area (Å²) in [7, 11) is 6.42. The van der Waals surface area contributed by atoms with E-state index in [1.807, 2.05) is 49.3 Å². The number of carbonyl (C=O) groups excluding carboxylic acids is 5. The molecule has 0 bridgehead atoms. The van der Waals surface area contributed by atoms with Crippen molar-refractivity contribution in [1.29, 1.82) is 0 Å². The molecule has 13 nitrogen and oxygen atoms in total. The third-order valence-electron chi connectivity index (χ3n) is 8.93. The molecule has 14 heteroatoms. The Balaban J connectivity index is 1.44. The number of amides is 2. The number of esters is 2. The van der Waals surface area contributed by atoms with E-state index >= 15 is 0 Å². The van der Waals surface area contributed by atoms with Gasteiger partial charge in [-0.25, -0.2) is 14.4 Å². The second-order valence-corrected chi connectivity index (χ2v) is 13.5. The van der Waals surface area contributed by atoms with E-state index in [-0.39, 0.29) is 23.0 Å². The van der Waals surface area contributed by atoms with Crippen LogP contribution in [0, 0.1) is 0 Å². The minimum atomic E-state index is -1.31. The van der Waals surface area contributed by atoms with Crippen LogP contribution >= 0.6 is 11.8 Å². The molecule has 3 atom stereocenters. The zero-order valence-corrected chi connectivity index (χ0v) is 30.2. The van der Waals surface area contributed by atoms with E-state index in [9.17, 15) is 24.0 Å². The predicted octanol–water partition coefficient (Wildman–Crippen LogP) is 3.86. The van der Waals surface area contributed by atoms with Crippen LogP contribution in [-0.2, 0) is 29.5 Å². The average Bonchev–Trinajstić information content (AvgIpc) is 3.42. The molecule has 3 aromatic rings. The topological polar surface area (TPSA) is 168 Å². The number of nitrogens with zero attached hydrogens (tertiary/aromatic N) is 2. The molecule has 270 valence electrons. The van der Waals surface area contributed by atoms with Crippen molar-refractivity contribution in [2.45, 2.75) is 50.3 Å². The Labute approximate surface area is 300 Å². The van der Waals surface area contributed by atoms with Crippen molar-refractivity contribution in [3.8, 4) is 17.2 Å². The van der Waals surface area contributed by atoms with Crippen LogP contribution < -0.4 is 25.4 Å². The molecule has 2 amide bonds. The first-order chi connectivity index (χ1) is 24.4. The summed E-state index contributed by atoms with van der Waals surface area (Å²) in [5.74, 6) is -0.929. The maximum Gasteiger partial charge on any atom is 0.415 e. The van der Waals surface area contributed by atoms with Gasteiger partial charge in [-0.15, -0.1) is 0 Å². The Morgan fingerprint density at radius 3 is 2.35 bits per heavy atom. The Bertz CT molecular complexity index is 1830. The molecule has 0 aromatic heterocycles. The highest BCUT2D eigenvalue weighted by molar-refractivity contribution is 8.13. The van der Waals surface area contributed by atoms with Crippen LogP contribution in [0.5, 0.6) is 17.2 Å². The van der Waals surface area contributed by atoms with E-state index in [2.05, 4.69) is 11.1 Å². The smallest absolute Gasteiger partial charge is 0.415 e. The lowest BCUT2D eigenvalue weighted by Crippen LogP contribution is -2.54. The molecule has 1 spiro atoms.